The first-order chi connectivity index (χ1) is 15.9. The Bertz CT molecular complexity index is 1510. The number of nitrogen functional groups attached to an aromatic ring is 1. The predicted octanol–water partition coefficient (Wildman–Crippen LogP) is 3.73. The van der Waals surface area contributed by atoms with Gasteiger partial charge in [-0.3, -0.25) is 14.5 Å². The monoisotopic (exact) mass is 437 g/mol. The van der Waals surface area contributed by atoms with Crippen LogP contribution in [-0.4, -0.2) is 30.2 Å². The topological polar surface area (TPSA) is 118 Å². The van der Waals surface area contributed by atoms with Crippen LogP contribution in [0.1, 0.15) is 23.0 Å². The zero-order chi connectivity index (χ0) is 23.1. The van der Waals surface area contributed by atoms with Crippen molar-refractivity contribution >= 4 is 22.5 Å². The fraction of sp³-hybridized carbons (Fsp3) is 0.120. The van der Waals surface area contributed by atoms with Crippen LogP contribution in [0, 0.1) is 0 Å². The molecule has 3 heterocycles. The number of hydrogen-bond donors (Lipinski definition) is 2. The highest BCUT2D eigenvalue weighted by Crippen LogP contribution is 2.33. The maximum atomic E-state index is 11.6. The molecule has 0 bridgehead atoms. The molecule has 0 saturated carbocycles. The third-order valence-electron chi connectivity index (χ3n) is 5.72. The number of fused-ring (bicyclic) bond motifs is 1. The molecule has 3 aromatic heterocycles. The molecule has 1 amide bonds. The first kappa shape index (κ1) is 20.4. The Morgan fingerprint density at radius 1 is 1.09 bits per heavy atom. The van der Waals surface area contributed by atoms with E-state index in [2.05, 4.69) is 23.1 Å². The smallest absolute Gasteiger partial charge is 0.250 e. The van der Waals surface area contributed by atoms with E-state index in [0.717, 1.165) is 51.1 Å². The number of imidazole rings is 1. The normalized spacial score (nSPS) is 11.2. The highest BCUT2D eigenvalue weighted by atomic mass is 16.1. The molecule has 33 heavy (non-hydrogen) atoms. The summed E-state index contributed by atoms with van der Waals surface area (Å²) in [6.45, 7) is 2.07. The summed E-state index contributed by atoms with van der Waals surface area (Å²) in [5, 5.41) is 5.21. The number of para-hydroxylation sites is 1. The van der Waals surface area contributed by atoms with E-state index in [-0.39, 0.29) is 0 Å². The summed E-state index contributed by atoms with van der Waals surface area (Å²) in [4.78, 5) is 21.1. The summed E-state index contributed by atoms with van der Waals surface area (Å²) < 4.78 is 3.73. The van der Waals surface area contributed by atoms with Crippen LogP contribution >= 0.6 is 0 Å². The third-order valence-corrected chi connectivity index (χ3v) is 5.72. The van der Waals surface area contributed by atoms with Crippen molar-refractivity contribution in [1.29, 1.82) is 0 Å². The van der Waals surface area contributed by atoms with Crippen LogP contribution in [0.3, 0.4) is 0 Å². The van der Waals surface area contributed by atoms with Crippen LogP contribution < -0.4 is 11.5 Å². The Hall–Kier alpha value is -4.46. The molecule has 4 N–H and O–H groups in total. The number of benzene rings is 2. The van der Waals surface area contributed by atoms with Crippen molar-refractivity contribution in [2.75, 3.05) is 5.73 Å². The molecule has 0 aliphatic rings. The van der Waals surface area contributed by atoms with Crippen LogP contribution in [0.4, 0.5) is 5.69 Å². The summed E-state index contributed by atoms with van der Waals surface area (Å²) in [7, 11) is 1.88. The van der Waals surface area contributed by atoms with Crippen molar-refractivity contribution < 1.29 is 4.79 Å². The van der Waals surface area contributed by atoms with E-state index >= 15 is 0 Å². The highest BCUT2D eigenvalue weighted by Gasteiger charge is 2.15. The van der Waals surface area contributed by atoms with Gasteiger partial charge < -0.3 is 16.0 Å². The van der Waals surface area contributed by atoms with Gasteiger partial charge >= 0.3 is 0 Å². The van der Waals surface area contributed by atoms with Crippen molar-refractivity contribution in [3.63, 3.8) is 0 Å². The number of nitrogens with two attached hydrogens (primary N) is 2. The molecule has 5 aromatic rings. The fourth-order valence-corrected chi connectivity index (χ4v) is 4.03. The molecule has 0 fully saturated rings. The summed E-state index contributed by atoms with van der Waals surface area (Å²) in [5.74, 6) is -0.542. The van der Waals surface area contributed by atoms with Crippen LogP contribution in [0.2, 0.25) is 0 Å². The average molecular weight is 438 g/mol. The van der Waals surface area contributed by atoms with Gasteiger partial charge in [0, 0.05) is 41.8 Å². The molecule has 164 valence electrons. The number of aromatic nitrogens is 5. The maximum Gasteiger partial charge on any atom is 0.250 e. The van der Waals surface area contributed by atoms with Crippen LogP contribution in [0.5, 0.6) is 0 Å². The Morgan fingerprint density at radius 2 is 1.94 bits per heavy atom. The number of rotatable bonds is 5. The van der Waals surface area contributed by atoms with Crippen LogP contribution in [-0.2, 0) is 13.5 Å². The molecular formula is C25H23N7O. The number of nitrogens with zero attached hydrogens (tertiary/aromatic N) is 5. The lowest BCUT2D eigenvalue weighted by Crippen LogP contribution is -2.13. The number of primary amides is 1. The van der Waals surface area contributed by atoms with E-state index in [0.29, 0.717) is 11.3 Å². The molecule has 2 aromatic carbocycles. The van der Waals surface area contributed by atoms with Gasteiger partial charge in [-0.15, -0.1) is 0 Å². The lowest BCUT2D eigenvalue weighted by molar-refractivity contribution is 0.100. The van der Waals surface area contributed by atoms with Gasteiger partial charge in [-0.05, 0) is 41.8 Å². The molecule has 0 radical (unpaired) electrons. The minimum atomic E-state index is -0.542. The van der Waals surface area contributed by atoms with E-state index in [1.54, 1.807) is 29.3 Å². The number of carbonyl (C=O) groups is 1. The van der Waals surface area contributed by atoms with Crippen molar-refractivity contribution in [2.24, 2.45) is 12.8 Å². The molecule has 0 aliphatic carbocycles. The van der Waals surface area contributed by atoms with Gasteiger partial charge in [0.2, 0.25) is 0 Å². The standard InChI is InChI=1S/C25H23N7O/c1-3-17-10-20(15-7-8-19(25(27)33)21(26)9-15)18-5-4-6-23(24(18)30-17)32-13-22(28-14-32)16-11-29-31(2)12-16/h4-14H,3,26H2,1-2H3,(H2,27,33). The number of hydrogen-bond acceptors (Lipinski definition) is 5. The van der Waals surface area contributed by atoms with Crippen molar-refractivity contribution in [3.8, 4) is 28.1 Å². The molecule has 0 saturated heterocycles. The molecule has 8 nitrogen and oxygen atoms in total. The van der Waals surface area contributed by atoms with Crippen molar-refractivity contribution in [2.45, 2.75) is 13.3 Å². The Balaban J connectivity index is 1.68. The molecule has 0 unspecified atom stereocenters. The molecular weight excluding hydrogens is 414 g/mol. The molecule has 8 heteroatoms. The Kier molecular flexibility index (Phi) is 4.90. The fourth-order valence-electron chi connectivity index (χ4n) is 4.03. The van der Waals surface area contributed by atoms with Crippen molar-refractivity contribution in [1.82, 2.24) is 24.3 Å². The van der Waals surface area contributed by atoms with Crippen LogP contribution in [0.25, 0.3) is 39.0 Å². The van der Waals surface area contributed by atoms with Crippen molar-refractivity contribution in [3.05, 3.63) is 78.6 Å². The van der Waals surface area contributed by atoms with Crippen LogP contribution in [0.15, 0.2) is 67.4 Å². The SMILES string of the molecule is CCc1cc(-c2ccc(C(N)=O)c(N)c2)c2cccc(-n3cnc(-c4cnn(C)c4)c3)c2n1. The number of amides is 1. The van der Waals surface area contributed by atoms with E-state index < -0.39 is 5.91 Å². The van der Waals surface area contributed by atoms with Gasteiger partial charge in [-0.1, -0.05) is 25.1 Å². The second-order valence-electron chi connectivity index (χ2n) is 7.92. The van der Waals surface area contributed by atoms with E-state index in [9.17, 15) is 4.79 Å². The minimum Gasteiger partial charge on any atom is -0.398 e. The summed E-state index contributed by atoms with van der Waals surface area (Å²) in [6, 6.07) is 13.5. The molecule has 0 atom stereocenters. The zero-order valence-corrected chi connectivity index (χ0v) is 18.4. The van der Waals surface area contributed by atoms with Gasteiger partial charge in [0.15, 0.2) is 0 Å². The van der Waals surface area contributed by atoms with Gasteiger partial charge in [0.25, 0.3) is 5.91 Å². The van der Waals surface area contributed by atoms with Gasteiger partial charge in [0.05, 0.1) is 35.0 Å². The van der Waals surface area contributed by atoms with E-state index in [4.69, 9.17) is 16.5 Å². The zero-order valence-electron chi connectivity index (χ0n) is 18.4. The Morgan fingerprint density at radius 3 is 2.64 bits per heavy atom. The third kappa shape index (κ3) is 3.61. The first-order valence-electron chi connectivity index (χ1n) is 10.6. The molecule has 0 aliphatic heterocycles. The Labute approximate surface area is 190 Å². The highest BCUT2D eigenvalue weighted by molar-refractivity contribution is 6.02. The van der Waals surface area contributed by atoms with E-state index in [1.807, 2.05) is 48.3 Å². The largest absolute Gasteiger partial charge is 0.398 e. The predicted molar refractivity (Wildman–Crippen MR) is 129 cm³/mol. The summed E-state index contributed by atoms with van der Waals surface area (Å²) in [6.07, 6.45) is 8.27. The van der Waals surface area contributed by atoms with Gasteiger partial charge in [-0.25, -0.2) is 4.98 Å². The number of carbonyl (C=O) groups excluding carboxylic acids is 1. The number of anilines is 1. The second-order valence-corrected chi connectivity index (χ2v) is 7.92. The number of aryl methyl sites for hydroxylation is 2. The first-order valence-corrected chi connectivity index (χ1v) is 10.6. The molecule has 5 rings (SSSR count). The lowest BCUT2D eigenvalue weighted by atomic mass is 9.97. The molecule has 0 spiro atoms. The van der Waals surface area contributed by atoms with Gasteiger partial charge in [0.1, 0.15) is 0 Å². The quantitative estimate of drug-likeness (QED) is 0.406. The summed E-state index contributed by atoms with van der Waals surface area (Å²) in [5.41, 5.74) is 18.6. The average Bonchev–Trinajstić information content (AvgIpc) is 3.46. The maximum absolute atomic E-state index is 11.6. The minimum absolute atomic E-state index is 0.315. The number of pyridine rings is 1. The van der Waals surface area contributed by atoms with Gasteiger partial charge in [-0.2, -0.15) is 5.10 Å². The lowest BCUT2D eigenvalue weighted by Gasteiger charge is -2.14. The summed E-state index contributed by atoms with van der Waals surface area (Å²) >= 11 is 0. The second kappa shape index (κ2) is 7.90. The van der Waals surface area contributed by atoms with E-state index in [1.165, 1.54) is 0 Å².